The van der Waals surface area contributed by atoms with Gasteiger partial charge in [0.25, 0.3) is 0 Å². The van der Waals surface area contributed by atoms with E-state index in [1.807, 2.05) is 22.6 Å². The molecule has 2 aromatic carbocycles. The van der Waals surface area contributed by atoms with Crippen LogP contribution in [0.4, 0.5) is 8.78 Å². The van der Waals surface area contributed by atoms with E-state index in [1.165, 1.54) is 18.2 Å². The molecule has 0 fully saturated rings. The predicted octanol–water partition coefficient (Wildman–Crippen LogP) is 4.57. The zero-order chi connectivity index (χ0) is 16.7. The van der Waals surface area contributed by atoms with E-state index < -0.39 is 17.7 Å². The molecule has 23 heavy (non-hydrogen) atoms. The third-order valence-corrected chi connectivity index (χ3v) is 5.38. The Kier molecular flexibility index (Phi) is 4.51. The molecule has 0 radical (unpaired) electrons. The summed E-state index contributed by atoms with van der Waals surface area (Å²) in [5, 5.41) is 0.353. The number of nitrogens with zero attached hydrogens (tertiary/aromatic N) is 1. The van der Waals surface area contributed by atoms with Gasteiger partial charge < -0.3 is 0 Å². The zero-order valence-corrected chi connectivity index (χ0v) is 15.0. The zero-order valence-electron chi connectivity index (χ0n) is 12.0. The lowest BCUT2D eigenvalue weighted by Gasteiger charge is -2.14. The highest BCUT2D eigenvalue weighted by Gasteiger charge is 2.28. The summed E-state index contributed by atoms with van der Waals surface area (Å²) in [6.07, 6.45) is 0.135. The van der Waals surface area contributed by atoms with Crippen LogP contribution in [0.5, 0.6) is 0 Å². The largest absolute Gasteiger partial charge is 0.297 e. The van der Waals surface area contributed by atoms with Gasteiger partial charge in [-0.1, -0.05) is 23.7 Å². The van der Waals surface area contributed by atoms with Gasteiger partial charge in [-0.2, -0.15) is 0 Å². The monoisotopic (exact) mass is 445 g/mol. The summed E-state index contributed by atoms with van der Waals surface area (Å²) in [5.74, 6) is -1.58. The lowest BCUT2D eigenvalue weighted by molar-refractivity contribution is -0.119. The van der Waals surface area contributed by atoms with E-state index in [-0.39, 0.29) is 23.5 Å². The van der Waals surface area contributed by atoms with Crippen molar-refractivity contribution < 1.29 is 13.6 Å². The van der Waals surface area contributed by atoms with Crippen molar-refractivity contribution in [2.45, 2.75) is 19.4 Å². The average molecular weight is 446 g/mol. The second kappa shape index (κ2) is 6.28. The molecule has 0 saturated heterocycles. The van der Waals surface area contributed by atoms with Gasteiger partial charge in [0.15, 0.2) is 5.78 Å². The number of Topliss-reactive ketones (excluding diaryl/α,β-unsaturated/α-hetero) is 1. The molecule has 1 aliphatic rings. The smallest absolute Gasteiger partial charge is 0.161 e. The van der Waals surface area contributed by atoms with Gasteiger partial charge in [-0.05, 0) is 53.3 Å². The molecule has 3 rings (SSSR count). The van der Waals surface area contributed by atoms with Crippen molar-refractivity contribution in [3.05, 3.63) is 67.2 Å². The van der Waals surface area contributed by atoms with Gasteiger partial charge in [0.1, 0.15) is 17.7 Å². The fourth-order valence-corrected chi connectivity index (χ4v) is 3.30. The molecule has 0 amide bonds. The minimum atomic E-state index is -0.730. The van der Waals surface area contributed by atoms with Crippen LogP contribution >= 0.6 is 34.2 Å². The minimum Gasteiger partial charge on any atom is -0.297 e. The minimum absolute atomic E-state index is 0.0949. The number of hydrogen-bond donors (Lipinski definition) is 0. The van der Waals surface area contributed by atoms with Gasteiger partial charge in [0, 0.05) is 15.6 Å². The van der Waals surface area contributed by atoms with E-state index >= 15 is 0 Å². The van der Waals surface area contributed by atoms with Crippen molar-refractivity contribution in [1.82, 2.24) is 0 Å². The van der Waals surface area contributed by atoms with Crippen LogP contribution in [0, 0.1) is 15.2 Å². The van der Waals surface area contributed by atoms with Crippen LogP contribution in [0.3, 0.4) is 0 Å². The molecule has 1 atom stereocenters. The quantitative estimate of drug-likeness (QED) is 0.591. The van der Waals surface area contributed by atoms with Crippen molar-refractivity contribution in [3.8, 4) is 0 Å². The van der Waals surface area contributed by atoms with E-state index in [0.29, 0.717) is 16.1 Å². The first-order valence-corrected chi connectivity index (χ1v) is 8.38. The van der Waals surface area contributed by atoms with Crippen LogP contribution in [0.25, 0.3) is 0 Å². The number of ketones is 1. The van der Waals surface area contributed by atoms with E-state index in [0.717, 1.165) is 3.57 Å². The SMILES string of the molecule is C[C@@H]1N=C(c2c(F)cccc2F)c2c(ccc(I)c2Cl)CC1=O. The molecule has 0 saturated carbocycles. The van der Waals surface area contributed by atoms with E-state index in [9.17, 15) is 13.6 Å². The number of benzene rings is 2. The normalized spacial score (nSPS) is 17.5. The van der Waals surface area contributed by atoms with E-state index in [1.54, 1.807) is 19.1 Å². The third kappa shape index (κ3) is 2.92. The van der Waals surface area contributed by atoms with Gasteiger partial charge in [-0.3, -0.25) is 9.79 Å². The van der Waals surface area contributed by atoms with Crippen LogP contribution in [0.1, 0.15) is 23.6 Å². The first kappa shape index (κ1) is 16.5. The number of halogens is 4. The maximum absolute atomic E-state index is 14.3. The Morgan fingerprint density at radius 3 is 2.48 bits per heavy atom. The molecule has 0 aromatic heterocycles. The van der Waals surface area contributed by atoms with Crippen LogP contribution in [-0.4, -0.2) is 17.5 Å². The second-order valence-electron chi connectivity index (χ2n) is 5.29. The van der Waals surface area contributed by atoms with Gasteiger partial charge in [0.05, 0.1) is 16.3 Å². The number of carbonyl (C=O) groups excluding carboxylic acids is 1. The molecular weight excluding hydrogens is 435 g/mol. The van der Waals surface area contributed by atoms with Crippen molar-refractivity contribution >= 4 is 45.7 Å². The highest BCUT2D eigenvalue weighted by Crippen LogP contribution is 2.32. The van der Waals surface area contributed by atoms with Crippen molar-refractivity contribution in [2.75, 3.05) is 0 Å². The molecule has 1 aliphatic heterocycles. The average Bonchev–Trinajstić information content (AvgIpc) is 2.61. The molecule has 0 bridgehead atoms. The highest BCUT2D eigenvalue weighted by molar-refractivity contribution is 14.1. The summed E-state index contributed by atoms with van der Waals surface area (Å²) >= 11 is 8.42. The van der Waals surface area contributed by atoms with E-state index in [2.05, 4.69) is 4.99 Å². The summed E-state index contributed by atoms with van der Waals surface area (Å²) in [6.45, 7) is 1.62. The predicted molar refractivity (Wildman–Crippen MR) is 94.3 cm³/mol. The first-order valence-electron chi connectivity index (χ1n) is 6.92. The summed E-state index contributed by atoms with van der Waals surface area (Å²) in [4.78, 5) is 16.5. The Hall–Kier alpha value is -1.34. The maximum Gasteiger partial charge on any atom is 0.161 e. The van der Waals surface area contributed by atoms with Crippen LogP contribution < -0.4 is 0 Å². The topological polar surface area (TPSA) is 29.4 Å². The summed E-state index contributed by atoms with van der Waals surface area (Å²) in [6, 6.07) is 6.47. The molecular formula is C17H11ClF2INO. The third-order valence-electron chi connectivity index (χ3n) is 3.77. The van der Waals surface area contributed by atoms with Gasteiger partial charge in [0.2, 0.25) is 0 Å². The molecule has 2 nitrogen and oxygen atoms in total. The number of rotatable bonds is 1. The Labute approximate surface area is 150 Å². The van der Waals surface area contributed by atoms with Gasteiger partial charge in [-0.15, -0.1) is 0 Å². The lowest BCUT2D eigenvalue weighted by atomic mass is 9.95. The maximum atomic E-state index is 14.3. The Bertz CT molecular complexity index is 830. The van der Waals surface area contributed by atoms with Crippen LogP contribution in [0.15, 0.2) is 35.3 Å². The summed E-state index contributed by atoms with van der Waals surface area (Å²) in [5.41, 5.74) is 0.906. The summed E-state index contributed by atoms with van der Waals surface area (Å²) < 4.78 is 29.3. The summed E-state index contributed by atoms with van der Waals surface area (Å²) in [7, 11) is 0. The van der Waals surface area contributed by atoms with Crippen molar-refractivity contribution in [1.29, 1.82) is 0 Å². The molecule has 0 unspecified atom stereocenters. The Morgan fingerprint density at radius 2 is 1.83 bits per heavy atom. The molecule has 2 aromatic rings. The fourth-order valence-electron chi connectivity index (χ4n) is 2.57. The van der Waals surface area contributed by atoms with Crippen molar-refractivity contribution in [2.24, 2.45) is 4.99 Å². The molecule has 6 heteroatoms. The molecule has 1 heterocycles. The molecule has 0 spiro atoms. The standard InChI is InChI=1S/C17H11ClF2INO/c1-8-13(23)7-9-5-6-12(21)16(18)14(9)17(22-8)15-10(19)3-2-4-11(15)20/h2-6,8H,7H2,1H3/t8-/m0/s1. The first-order chi connectivity index (χ1) is 10.9. The van der Waals surface area contributed by atoms with E-state index in [4.69, 9.17) is 11.6 Å². The highest BCUT2D eigenvalue weighted by atomic mass is 127. The van der Waals surface area contributed by atoms with Crippen molar-refractivity contribution in [3.63, 3.8) is 0 Å². The van der Waals surface area contributed by atoms with Crippen LogP contribution in [-0.2, 0) is 11.2 Å². The fraction of sp³-hybridized carbons (Fsp3) is 0.176. The van der Waals surface area contributed by atoms with Gasteiger partial charge >= 0.3 is 0 Å². The number of carbonyl (C=O) groups is 1. The second-order valence-corrected chi connectivity index (χ2v) is 6.83. The molecule has 0 aliphatic carbocycles. The molecule has 0 N–H and O–H groups in total. The number of aliphatic imine (C=N–C) groups is 1. The Balaban J connectivity index is 2.38. The lowest BCUT2D eigenvalue weighted by Crippen LogP contribution is -2.16. The van der Waals surface area contributed by atoms with Crippen LogP contribution in [0.2, 0.25) is 5.02 Å². The molecule has 118 valence electrons. The Morgan fingerprint density at radius 1 is 1.17 bits per heavy atom. The number of fused-ring (bicyclic) bond motifs is 1. The van der Waals surface area contributed by atoms with Gasteiger partial charge in [-0.25, -0.2) is 8.78 Å². The number of hydrogen-bond acceptors (Lipinski definition) is 2.